The van der Waals surface area contributed by atoms with E-state index in [9.17, 15) is 9.59 Å². The van der Waals surface area contributed by atoms with Gasteiger partial charge in [0, 0.05) is 22.7 Å². The van der Waals surface area contributed by atoms with Crippen LogP contribution in [0.1, 0.15) is 71.1 Å². The Hall–Kier alpha value is -1.36. The fraction of sp³-hybridized carbons (Fsp3) is 0.684. The Morgan fingerprint density at radius 1 is 0.917 bits per heavy atom. The highest BCUT2D eigenvalue weighted by Gasteiger charge is 2.64. The first kappa shape index (κ1) is 19.0. The fourth-order valence-corrected chi connectivity index (χ4v) is 9.31. The summed E-state index contributed by atoms with van der Waals surface area (Å²) >= 11 is 0. The van der Waals surface area contributed by atoms with E-state index in [0.29, 0.717) is 0 Å². The Morgan fingerprint density at radius 2 is 1.38 bits per heavy atom. The molecule has 0 atom stereocenters. The number of carbonyl (C=O) groups excluding carboxylic acids is 2. The molecule has 0 heterocycles. The van der Waals surface area contributed by atoms with Gasteiger partial charge in [-0.3, -0.25) is 0 Å². The number of hydrogen-bond donors (Lipinski definition) is 0. The van der Waals surface area contributed by atoms with Gasteiger partial charge in [0.25, 0.3) is 0 Å². The standard InChI is InChI=1S/C19H30O4Si/c1-4-17(20)22-24(23-18(21)5-2,16-12-8-6-9-13-16)19(3)14-10-7-11-15-19/h4-5,16H,1-2,6-15H2,3H3. The molecule has 0 aliphatic heterocycles. The third kappa shape index (κ3) is 3.82. The number of hydrogen-bond acceptors (Lipinski definition) is 4. The largest absolute Gasteiger partial charge is 0.481 e. The first-order chi connectivity index (χ1) is 11.5. The lowest BCUT2D eigenvalue weighted by atomic mass is 9.90. The highest BCUT2D eigenvalue weighted by Crippen LogP contribution is 2.58. The topological polar surface area (TPSA) is 52.6 Å². The van der Waals surface area contributed by atoms with E-state index in [4.69, 9.17) is 8.85 Å². The molecule has 0 unspecified atom stereocenters. The minimum Gasteiger partial charge on any atom is -0.481 e. The van der Waals surface area contributed by atoms with Gasteiger partial charge in [-0.1, -0.05) is 58.6 Å². The quantitative estimate of drug-likeness (QED) is 0.502. The van der Waals surface area contributed by atoms with E-state index in [1.807, 2.05) is 0 Å². The van der Waals surface area contributed by atoms with Crippen LogP contribution in [0.5, 0.6) is 0 Å². The van der Waals surface area contributed by atoms with Crippen LogP contribution < -0.4 is 0 Å². The summed E-state index contributed by atoms with van der Waals surface area (Å²) in [5.41, 5.74) is 0.169. The van der Waals surface area contributed by atoms with Crippen molar-refractivity contribution in [1.29, 1.82) is 0 Å². The first-order valence-corrected chi connectivity index (χ1v) is 11.1. The van der Waals surface area contributed by atoms with Gasteiger partial charge in [0.1, 0.15) is 0 Å². The molecule has 0 aromatic rings. The van der Waals surface area contributed by atoms with Crippen LogP contribution in [-0.4, -0.2) is 20.5 Å². The van der Waals surface area contributed by atoms with Crippen LogP contribution in [0.25, 0.3) is 0 Å². The van der Waals surface area contributed by atoms with Gasteiger partial charge < -0.3 is 8.85 Å². The fourth-order valence-electron chi connectivity index (χ4n) is 4.47. The molecule has 0 aromatic heterocycles. The lowest BCUT2D eigenvalue weighted by Gasteiger charge is -2.49. The summed E-state index contributed by atoms with van der Waals surface area (Å²) in [6, 6.07) is 0. The van der Waals surface area contributed by atoms with Crippen molar-refractivity contribution in [2.75, 3.05) is 0 Å². The van der Waals surface area contributed by atoms with Crippen LogP contribution >= 0.6 is 0 Å². The minimum absolute atomic E-state index is 0.169. The van der Waals surface area contributed by atoms with E-state index < -0.39 is 20.5 Å². The molecule has 0 N–H and O–H groups in total. The van der Waals surface area contributed by atoms with Gasteiger partial charge in [0.05, 0.1) is 0 Å². The third-order valence-electron chi connectivity index (χ3n) is 5.78. The Balaban J connectivity index is 2.47. The summed E-state index contributed by atoms with van der Waals surface area (Å²) in [5.74, 6) is -0.924. The molecule has 5 heteroatoms. The summed E-state index contributed by atoms with van der Waals surface area (Å²) < 4.78 is 12.1. The molecule has 0 radical (unpaired) electrons. The Morgan fingerprint density at radius 3 is 1.83 bits per heavy atom. The van der Waals surface area contributed by atoms with Crippen molar-refractivity contribution >= 4 is 20.5 Å². The first-order valence-electron chi connectivity index (χ1n) is 9.18. The average Bonchev–Trinajstić information content (AvgIpc) is 2.62. The highest BCUT2D eigenvalue weighted by molar-refractivity contribution is 6.75. The van der Waals surface area contributed by atoms with E-state index in [-0.39, 0.29) is 10.6 Å². The summed E-state index contributed by atoms with van der Waals surface area (Å²) in [4.78, 5) is 24.4. The van der Waals surface area contributed by atoms with E-state index in [1.54, 1.807) is 0 Å². The van der Waals surface area contributed by atoms with Gasteiger partial charge in [-0.15, -0.1) is 0 Å². The van der Waals surface area contributed by atoms with Crippen molar-refractivity contribution in [3.05, 3.63) is 25.3 Å². The summed E-state index contributed by atoms with van der Waals surface area (Å²) in [7, 11) is -3.13. The second kappa shape index (κ2) is 8.14. The van der Waals surface area contributed by atoms with E-state index in [0.717, 1.165) is 51.4 Å². The highest BCUT2D eigenvalue weighted by atomic mass is 28.4. The molecule has 2 fully saturated rings. The van der Waals surface area contributed by atoms with Gasteiger partial charge in [-0.25, -0.2) is 9.59 Å². The molecular formula is C19H30O4Si. The van der Waals surface area contributed by atoms with Crippen molar-refractivity contribution < 1.29 is 18.4 Å². The maximum atomic E-state index is 12.2. The van der Waals surface area contributed by atoms with Crippen molar-refractivity contribution in [2.45, 2.75) is 81.7 Å². The molecule has 24 heavy (non-hydrogen) atoms. The molecule has 0 amide bonds. The van der Waals surface area contributed by atoms with Crippen LogP contribution in [0.4, 0.5) is 0 Å². The van der Waals surface area contributed by atoms with Gasteiger partial charge >= 0.3 is 20.5 Å². The Labute approximate surface area is 146 Å². The average molecular weight is 351 g/mol. The van der Waals surface area contributed by atoms with Gasteiger partial charge in [0.15, 0.2) is 0 Å². The van der Waals surface area contributed by atoms with Crippen molar-refractivity contribution in [3.8, 4) is 0 Å². The van der Waals surface area contributed by atoms with Gasteiger partial charge in [-0.05, 0) is 25.7 Å². The minimum atomic E-state index is -3.13. The van der Waals surface area contributed by atoms with E-state index in [2.05, 4.69) is 20.1 Å². The number of carbonyl (C=O) groups is 2. The third-order valence-corrected chi connectivity index (χ3v) is 10.6. The molecule has 2 saturated carbocycles. The van der Waals surface area contributed by atoms with Crippen LogP contribution in [-0.2, 0) is 18.4 Å². The molecule has 0 saturated heterocycles. The normalized spacial score (nSPS) is 21.5. The lowest BCUT2D eigenvalue weighted by molar-refractivity contribution is -0.137. The molecule has 0 bridgehead atoms. The zero-order valence-corrected chi connectivity index (χ0v) is 15.9. The smallest absolute Gasteiger partial charge is 0.474 e. The van der Waals surface area contributed by atoms with E-state index >= 15 is 0 Å². The molecule has 2 aliphatic carbocycles. The van der Waals surface area contributed by atoms with Crippen molar-refractivity contribution in [2.24, 2.45) is 0 Å². The van der Waals surface area contributed by atoms with Crippen LogP contribution in [0.15, 0.2) is 25.3 Å². The van der Waals surface area contributed by atoms with Crippen LogP contribution in [0.2, 0.25) is 10.6 Å². The predicted molar refractivity (Wildman–Crippen MR) is 96.6 cm³/mol. The lowest BCUT2D eigenvalue weighted by Crippen LogP contribution is -2.59. The molecule has 134 valence electrons. The number of rotatable bonds is 6. The summed E-state index contributed by atoms with van der Waals surface area (Å²) in [6.45, 7) is 9.25. The maximum absolute atomic E-state index is 12.2. The Bertz CT molecular complexity index is 466. The van der Waals surface area contributed by atoms with Gasteiger partial charge in [-0.2, -0.15) is 0 Å². The Kier molecular flexibility index (Phi) is 6.44. The second-order valence-corrected chi connectivity index (χ2v) is 11.1. The monoisotopic (exact) mass is 350 g/mol. The van der Waals surface area contributed by atoms with Crippen LogP contribution in [0.3, 0.4) is 0 Å². The van der Waals surface area contributed by atoms with E-state index in [1.165, 1.54) is 25.0 Å². The van der Waals surface area contributed by atoms with Gasteiger partial charge in [0.2, 0.25) is 0 Å². The molecule has 2 aliphatic rings. The molecule has 0 spiro atoms. The second-order valence-electron chi connectivity index (χ2n) is 7.37. The van der Waals surface area contributed by atoms with Crippen molar-refractivity contribution in [3.63, 3.8) is 0 Å². The molecular weight excluding hydrogens is 320 g/mol. The molecule has 4 nitrogen and oxygen atoms in total. The van der Waals surface area contributed by atoms with Crippen molar-refractivity contribution in [1.82, 2.24) is 0 Å². The predicted octanol–water partition coefficient (Wildman–Crippen LogP) is 4.95. The zero-order valence-electron chi connectivity index (χ0n) is 14.9. The van der Waals surface area contributed by atoms with Crippen LogP contribution in [0, 0.1) is 0 Å². The molecule has 0 aromatic carbocycles. The zero-order chi connectivity index (χ0) is 17.6. The summed E-state index contributed by atoms with van der Waals surface area (Å²) in [5, 5.41) is -0.232. The maximum Gasteiger partial charge on any atom is 0.474 e. The SMILES string of the molecule is C=CC(=O)O[Si](OC(=O)C=C)(C1CCCCC1)C1(C)CCCCC1. The summed E-state index contributed by atoms with van der Waals surface area (Å²) in [6.07, 6.45) is 13.0. The molecule has 2 rings (SSSR count).